The average Bonchev–Trinajstić information content (AvgIpc) is 3.04. The van der Waals surface area contributed by atoms with Crippen molar-refractivity contribution in [2.45, 2.75) is 44.9 Å². The van der Waals surface area contributed by atoms with Crippen LogP contribution in [0.2, 0.25) is 0 Å². The van der Waals surface area contributed by atoms with Gasteiger partial charge in [-0.1, -0.05) is 19.1 Å². The number of carbonyl (C=O) groups excluding carboxylic acids is 2. The van der Waals surface area contributed by atoms with E-state index in [2.05, 4.69) is 0 Å². The Hall–Kier alpha value is -2.29. The van der Waals surface area contributed by atoms with Gasteiger partial charge in [0.05, 0.1) is 11.5 Å². The van der Waals surface area contributed by atoms with Crippen molar-refractivity contribution in [3.05, 3.63) is 24.3 Å². The molecule has 0 spiro atoms. The van der Waals surface area contributed by atoms with Gasteiger partial charge in [0.2, 0.25) is 6.10 Å². The highest BCUT2D eigenvalue weighted by Crippen LogP contribution is 2.31. The highest BCUT2D eigenvalue weighted by Gasteiger charge is 2.37. The van der Waals surface area contributed by atoms with Crippen LogP contribution in [0.25, 0.3) is 0 Å². The number of nitrogens with zero attached hydrogens (tertiary/aromatic N) is 1. The van der Waals surface area contributed by atoms with Crippen LogP contribution in [0.5, 0.6) is 11.5 Å². The van der Waals surface area contributed by atoms with Gasteiger partial charge in [0.25, 0.3) is 5.91 Å². The summed E-state index contributed by atoms with van der Waals surface area (Å²) in [6.07, 6.45) is 0.126. The smallest absolute Gasteiger partial charge is 0.351 e. The quantitative estimate of drug-likeness (QED) is 0.648. The van der Waals surface area contributed by atoms with Gasteiger partial charge in [0.1, 0.15) is 6.61 Å². The molecule has 0 N–H and O–H groups in total. The van der Waals surface area contributed by atoms with Crippen molar-refractivity contribution in [1.29, 1.82) is 0 Å². The van der Waals surface area contributed by atoms with Crippen LogP contribution in [0.15, 0.2) is 24.3 Å². The first-order valence-electron chi connectivity index (χ1n) is 9.37. The molecular formula is C19H25NO7S. The molecule has 8 nitrogen and oxygen atoms in total. The lowest BCUT2D eigenvalue weighted by atomic mass is 10.1. The number of benzene rings is 1. The minimum atomic E-state index is -3.13. The van der Waals surface area contributed by atoms with Crippen molar-refractivity contribution >= 4 is 21.7 Å². The Balaban J connectivity index is 1.59. The minimum absolute atomic E-state index is 0.0000170. The number of hydrogen-bond donors (Lipinski definition) is 0. The monoisotopic (exact) mass is 411 g/mol. The van der Waals surface area contributed by atoms with E-state index in [-0.39, 0.29) is 30.2 Å². The molecule has 2 aliphatic heterocycles. The molecule has 0 radical (unpaired) electrons. The van der Waals surface area contributed by atoms with Gasteiger partial charge < -0.3 is 19.1 Å². The number of sulfone groups is 1. The second-order valence-corrected chi connectivity index (χ2v) is 9.32. The van der Waals surface area contributed by atoms with Crippen molar-refractivity contribution in [3.63, 3.8) is 0 Å². The maximum atomic E-state index is 12.7. The number of carbonyl (C=O) groups is 2. The Morgan fingerprint density at radius 2 is 2.00 bits per heavy atom. The van der Waals surface area contributed by atoms with E-state index in [4.69, 9.17) is 14.2 Å². The van der Waals surface area contributed by atoms with E-state index in [1.165, 1.54) is 0 Å². The first-order valence-corrected chi connectivity index (χ1v) is 11.2. The molecule has 0 aromatic heterocycles. The average molecular weight is 411 g/mol. The summed E-state index contributed by atoms with van der Waals surface area (Å²) in [6, 6.07) is 6.45. The third-order valence-corrected chi connectivity index (χ3v) is 6.82. The van der Waals surface area contributed by atoms with E-state index in [1.807, 2.05) is 13.8 Å². The molecule has 1 aromatic carbocycles. The number of fused-ring (bicyclic) bond motifs is 1. The number of para-hydroxylation sites is 2. The fourth-order valence-electron chi connectivity index (χ4n) is 3.44. The number of rotatable bonds is 6. The molecule has 2 aliphatic rings. The third-order valence-electron chi connectivity index (χ3n) is 5.06. The van der Waals surface area contributed by atoms with E-state index in [1.54, 1.807) is 29.2 Å². The molecule has 3 atom stereocenters. The first kappa shape index (κ1) is 20.4. The van der Waals surface area contributed by atoms with Crippen molar-refractivity contribution < 1.29 is 32.2 Å². The third kappa shape index (κ3) is 4.57. The van der Waals surface area contributed by atoms with Gasteiger partial charge in [-0.2, -0.15) is 0 Å². The second kappa shape index (κ2) is 8.38. The van der Waals surface area contributed by atoms with Crippen LogP contribution in [0.3, 0.4) is 0 Å². The van der Waals surface area contributed by atoms with Gasteiger partial charge in [-0.25, -0.2) is 13.2 Å². The van der Waals surface area contributed by atoms with Crippen LogP contribution >= 0.6 is 0 Å². The van der Waals surface area contributed by atoms with Gasteiger partial charge in [-0.05, 0) is 31.9 Å². The van der Waals surface area contributed by atoms with Crippen molar-refractivity contribution in [1.82, 2.24) is 4.90 Å². The highest BCUT2D eigenvalue weighted by atomic mass is 32.2. The van der Waals surface area contributed by atoms with Crippen LogP contribution < -0.4 is 9.47 Å². The summed E-state index contributed by atoms with van der Waals surface area (Å²) in [6.45, 7) is 3.33. The molecule has 9 heteroatoms. The largest absolute Gasteiger partial charge is 0.485 e. The van der Waals surface area contributed by atoms with Gasteiger partial charge in [-0.15, -0.1) is 0 Å². The van der Waals surface area contributed by atoms with Gasteiger partial charge in [0, 0.05) is 12.1 Å². The van der Waals surface area contributed by atoms with E-state index < -0.39 is 34.4 Å². The summed E-state index contributed by atoms with van der Waals surface area (Å²) in [5, 5.41) is 0. The lowest BCUT2D eigenvalue weighted by molar-refractivity contribution is -0.161. The van der Waals surface area contributed by atoms with Crippen LogP contribution in [0.4, 0.5) is 0 Å². The summed E-state index contributed by atoms with van der Waals surface area (Å²) in [4.78, 5) is 26.6. The molecule has 154 valence electrons. The fourth-order valence-corrected chi connectivity index (χ4v) is 5.15. The summed E-state index contributed by atoms with van der Waals surface area (Å²) in [7, 11) is -3.13. The summed E-state index contributed by atoms with van der Waals surface area (Å²) in [5.74, 6) is -0.0714. The van der Waals surface area contributed by atoms with Gasteiger partial charge in [-0.3, -0.25) is 4.79 Å². The number of hydrogen-bond acceptors (Lipinski definition) is 7. The maximum Gasteiger partial charge on any atom is 0.351 e. The molecule has 2 heterocycles. The number of ether oxygens (including phenoxy) is 3. The summed E-state index contributed by atoms with van der Waals surface area (Å²) >= 11 is 0. The molecule has 0 unspecified atom stereocenters. The molecular weight excluding hydrogens is 386 g/mol. The van der Waals surface area contributed by atoms with Crippen molar-refractivity contribution in [3.8, 4) is 11.5 Å². The lowest BCUT2D eigenvalue weighted by Crippen LogP contribution is -2.49. The predicted octanol–water partition coefficient (Wildman–Crippen LogP) is 1.18. The van der Waals surface area contributed by atoms with Crippen LogP contribution in [0, 0.1) is 0 Å². The molecule has 1 amide bonds. The Bertz CT molecular complexity index is 838. The molecule has 28 heavy (non-hydrogen) atoms. The molecule has 3 rings (SSSR count). The van der Waals surface area contributed by atoms with Crippen LogP contribution in [0.1, 0.15) is 26.7 Å². The number of amides is 1. The molecule has 1 saturated heterocycles. The Kier molecular flexibility index (Phi) is 6.12. The second-order valence-electron chi connectivity index (χ2n) is 7.09. The lowest BCUT2D eigenvalue weighted by Gasteiger charge is -2.33. The van der Waals surface area contributed by atoms with E-state index in [0.717, 1.165) is 0 Å². The SMILES string of the molecule is CC[C@H](C)N(C(=O)COC(=O)[C@@H]1COc2ccccc2O1)[C@@H]1CCS(=O)(=O)C1. The zero-order chi connectivity index (χ0) is 20.3. The Labute approximate surface area is 164 Å². The normalized spacial score (nSPS) is 23.6. The van der Waals surface area contributed by atoms with E-state index >= 15 is 0 Å². The Morgan fingerprint density at radius 3 is 2.64 bits per heavy atom. The molecule has 1 fully saturated rings. The summed E-state index contributed by atoms with van der Waals surface area (Å²) < 4.78 is 39.8. The summed E-state index contributed by atoms with van der Waals surface area (Å²) in [5.41, 5.74) is 0. The van der Waals surface area contributed by atoms with Crippen LogP contribution in [-0.2, 0) is 24.2 Å². The molecule has 0 bridgehead atoms. The van der Waals surface area contributed by atoms with Crippen LogP contribution in [-0.4, -0.2) is 68.1 Å². The topological polar surface area (TPSA) is 99.2 Å². The Morgan fingerprint density at radius 1 is 1.29 bits per heavy atom. The molecule has 0 aliphatic carbocycles. The fraction of sp³-hybridized carbons (Fsp3) is 0.579. The molecule has 0 saturated carbocycles. The molecule has 1 aromatic rings. The van der Waals surface area contributed by atoms with Crippen molar-refractivity contribution in [2.75, 3.05) is 24.7 Å². The zero-order valence-corrected chi connectivity index (χ0v) is 16.8. The standard InChI is InChI=1S/C19H25NO7S/c1-3-13(2)20(14-8-9-28(23,24)12-14)18(21)11-26-19(22)17-10-25-15-6-4-5-7-16(15)27-17/h4-7,13-14,17H,3,8-12H2,1-2H3/t13-,14+,17-/m0/s1. The van der Waals surface area contributed by atoms with Gasteiger partial charge >= 0.3 is 5.97 Å². The van der Waals surface area contributed by atoms with E-state index in [9.17, 15) is 18.0 Å². The number of esters is 1. The maximum absolute atomic E-state index is 12.7. The first-order chi connectivity index (χ1) is 13.3. The van der Waals surface area contributed by atoms with E-state index in [0.29, 0.717) is 24.3 Å². The minimum Gasteiger partial charge on any atom is -0.485 e. The highest BCUT2D eigenvalue weighted by molar-refractivity contribution is 7.91. The zero-order valence-electron chi connectivity index (χ0n) is 16.0. The van der Waals surface area contributed by atoms with Gasteiger partial charge in [0.15, 0.2) is 27.9 Å². The predicted molar refractivity (Wildman–Crippen MR) is 101 cm³/mol. The van der Waals surface area contributed by atoms with Crippen molar-refractivity contribution in [2.24, 2.45) is 0 Å².